The molecule has 1 amide bonds. The minimum Gasteiger partial charge on any atom is -0.366 e. The average Bonchev–Trinajstić information content (AvgIpc) is 3.37. The lowest BCUT2D eigenvalue weighted by Crippen LogP contribution is -2.43. The van der Waals surface area contributed by atoms with E-state index >= 15 is 0 Å². The number of nitrogens with two attached hydrogens (primary N) is 1. The van der Waals surface area contributed by atoms with Crippen molar-refractivity contribution in [3.63, 3.8) is 0 Å². The van der Waals surface area contributed by atoms with Crippen LogP contribution in [0.5, 0.6) is 0 Å². The number of amides is 1. The van der Waals surface area contributed by atoms with Crippen LogP contribution >= 0.6 is 11.3 Å². The number of hydrogen-bond acceptors (Lipinski definition) is 7. The molecule has 1 atom stereocenters. The van der Waals surface area contributed by atoms with Gasteiger partial charge in [-0.1, -0.05) is 30.3 Å². The van der Waals surface area contributed by atoms with Crippen LogP contribution in [0.15, 0.2) is 66.3 Å². The molecule has 0 spiro atoms. The van der Waals surface area contributed by atoms with Crippen LogP contribution < -0.4 is 16.0 Å². The highest BCUT2D eigenvalue weighted by Crippen LogP contribution is 2.36. The van der Waals surface area contributed by atoms with E-state index in [-0.39, 0.29) is 17.8 Å². The number of aromatic nitrogens is 3. The molecule has 4 heterocycles. The zero-order valence-electron chi connectivity index (χ0n) is 19.3. The number of carbonyl (C=O) groups excluding carboxylic acids is 1. The van der Waals surface area contributed by atoms with E-state index in [1.54, 1.807) is 29.9 Å². The summed E-state index contributed by atoms with van der Waals surface area (Å²) in [5, 5.41) is 3.92. The lowest BCUT2D eigenvalue weighted by Gasteiger charge is -2.33. The molecule has 6 rings (SSSR count). The molecule has 7 nitrogen and oxygen atoms in total. The van der Waals surface area contributed by atoms with E-state index in [9.17, 15) is 9.18 Å². The molecule has 5 aromatic rings. The third-order valence-electron chi connectivity index (χ3n) is 6.46. The minimum atomic E-state index is -0.331. The normalized spacial score (nSPS) is 15.9. The van der Waals surface area contributed by atoms with Crippen LogP contribution in [0.3, 0.4) is 0 Å². The Morgan fingerprint density at radius 1 is 1.08 bits per heavy atom. The van der Waals surface area contributed by atoms with Gasteiger partial charge in [0.25, 0.3) is 5.91 Å². The van der Waals surface area contributed by atoms with Crippen LogP contribution in [-0.2, 0) is 0 Å². The fourth-order valence-corrected chi connectivity index (χ4v) is 5.31. The van der Waals surface area contributed by atoms with Crippen LogP contribution in [0.4, 0.5) is 15.8 Å². The molecule has 1 saturated heterocycles. The van der Waals surface area contributed by atoms with Gasteiger partial charge >= 0.3 is 0 Å². The summed E-state index contributed by atoms with van der Waals surface area (Å²) >= 11 is 1.47. The summed E-state index contributed by atoms with van der Waals surface area (Å²) in [6, 6.07) is 15.8. The molecule has 1 aliphatic rings. The van der Waals surface area contributed by atoms with E-state index in [1.807, 2.05) is 24.3 Å². The summed E-state index contributed by atoms with van der Waals surface area (Å²) < 4.78 is 13.3. The zero-order chi connectivity index (χ0) is 24.6. The van der Waals surface area contributed by atoms with Crippen molar-refractivity contribution in [2.45, 2.75) is 18.9 Å². The number of hydrogen-bond donors (Lipinski definition) is 2. The van der Waals surface area contributed by atoms with Gasteiger partial charge in [0.1, 0.15) is 21.9 Å². The Balaban J connectivity index is 1.33. The van der Waals surface area contributed by atoms with Gasteiger partial charge in [0, 0.05) is 24.5 Å². The topological polar surface area (TPSA) is 97.0 Å². The molecular formula is C27H23FN6OS. The van der Waals surface area contributed by atoms with Gasteiger partial charge in [-0.25, -0.2) is 19.3 Å². The molecule has 1 aliphatic heterocycles. The minimum absolute atomic E-state index is 0.0709. The third-order valence-corrected chi connectivity index (χ3v) is 7.20. The number of halogens is 1. The van der Waals surface area contributed by atoms with E-state index in [2.05, 4.69) is 25.2 Å². The van der Waals surface area contributed by atoms with Crippen molar-refractivity contribution < 1.29 is 9.18 Å². The number of fused-ring (bicyclic) bond motifs is 2. The van der Waals surface area contributed by atoms with Crippen molar-refractivity contribution in [2.24, 2.45) is 5.73 Å². The maximum Gasteiger partial charge on any atom is 0.274 e. The first kappa shape index (κ1) is 22.5. The second-order valence-electron chi connectivity index (χ2n) is 8.94. The van der Waals surface area contributed by atoms with Gasteiger partial charge in [0.05, 0.1) is 28.6 Å². The highest BCUT2D eigenvalue weighted by Gasteiger charge is 2.24. The van der Waals surface area contributed by atoms with Gasteiger partial charge in [0.15, 0.2) is 0 Å². The van der Waals surface area contributed by atoms with Gasteiger partial charge in [0.2, 0.25) is 0 Å². The molecule has 180 valence electrons. The largest absolute Gasteiger partial charge is 0.366 e. The lowest BCUT2D eigenvalue weighted by molar-refractivity contribution is 0.102. The van der Waals surface area contributed by atoms with Gasteiger partial charge in [-0.2, -0.15) is 0 Å². The number of nitrogens with zero attached hydrogens (tertiary/aromatic N) is 4. The number of benzene rings is 2. The summed E-state index contributed by atoms with van der Waals surface area (Å²) in [6.07, 6.45) is 3.64. The van der Waals surface area contributed by atoms with Crippen molar-refractivity contribution in [1.82, 2.24) is 15.0 Å². The summed E-state index contributed by atoms with van der Waals surface area (Å²) in [4.78, 5) is 30.0. The van der Waals surface area contributed by atoms with E-state index in [1.165, 1.54) is 23.5 Å². The molecule has 3 N–H and O–H groups in total. The first-order chi connectivity index (χ1) is 17.5. The number of nitrogens with one attached hydrogen (secondary N) is 1. The summed E-state index contributed by atoms with van der Waals surface area (Å²) in [5.74, 6) is -0.615. The van der Waals surface area contributed by atoms with E-state index in [0.717, 1.165) is 51.9 Å². The molecule has 0 saturated carbocycles. The van der Waals surface area contributed by atoms with Gasteiger partial charge in [-0.05, 0) is 48.2 Å². The number of thiazole rings is 1. The van der Waals surface area contributed by atoms with Gasteiger partial charge in [-0.15, -0.1) is 11.3 Å². The predicted molar refractivity (Wildman–Crippen MR) is 142 cm³/mol. The maximum atomic E-state index is 13.3. The van der Waals surface area contributed by atoms with Gasteiger partial charge < -0.3 is 16.0 Å². The van der Waals surface area contributed by atoms with Gasteiger partial charge in [-0.3, -0.25) is 4.79 Å². The Hall–Kier alpha value is -3.95. The Labute approximate surface area is 210 Å². The van der Waals surface area contributed by atoms with Crippen LogP contribution in [0, 0.1) is 5.82 Å². The van der Waals surface area contributed by atoms with E-state index < -0.39 is 0 Å². The fourth-order valence-electron chi connectivity index (χ4n) is 4.68. The molecule has 0 aliphatic carbocycles. The van der Waals surface area contributed by atoms with E-state index in [4.69, 9.17) is 5.73 Å². The predicted octanol–water partition coefficient (Wildman–Crippen LogP) is 5.23. The van der Waals surface area contributed by atoms with Crippen LogP contribution in [-0.4, -0.2) is 40.0 Å². The zero-order valence-corrected chi connectivity index (χ0v) is 20.1. The Bertz CT molecular complexity index is 1590. The molecule has 9 heteroatoms. The van der Waals surface area contributed by atoms with E-state index in [0.29, 0.717) is 23.4 Å². The van der Waals surface area contributed by atoms with Crippen molar-refractivity contribution >= 4 is 49.9 Å². The number of piperidine rings is 1. The first-order valence-electron chi connectivity index (χ1n) is 11.8. The first-order valence-corrected chi connectivity index (χ1v) is 12.6. The van der Waals surface area contributed by atoms with Crippen molar-refractivity contribution in [3.05, 3.63) is 77.8 Å². The highest BCUT2D eigenvalue weighted by atomic mass is 32.1. The molecule has 0 radical (unpaired) electrons. The molecular weight excluding hydrogens is 475 g/mol. The molecule has 3 aromatic heterocycles. The van der Waals surface area contributed by atoms with Crippen LogP contribution in [0.25, 0.3) is 32.4 Å². The number of anilines is 2. The molecule has 1 fully saturated rings. The van der Waals surface area contributed by atoms with Crippen molar-refractivity contribution in [3.8, 4) is 11.1 Å². The van der Waals surface area contributed by atoms with Crippen molar-refractivity contribution in [2.75, 3.05) is 23.3 Å². The van der Waals surface area contributed by atoms with Crippen molar-refractivity contribution in [1.29, 1.82) is 0 Å². The summed E-state index contributed by atoms with van der Waals surface area (Å²) in [7, 11) is 0. The highest BCUT2D eigenvalue weighted by molar-refractivity contribution is 7.16. The number of carbonyl (C=O) groups is 1. The summed E-state index contributed by atoms with van der Waals surface area (Å²) in [5.41, 5.74) is 13.0. The number of pyridine rings is 2. The Morgan fingerprint density at radius 2 is 1.89 bits per heavy atom. The third kappa shape index (κ3) is 4.27. The lowest BCUT2D eigenvalue weighted by atomic mass is 10.0. The quantitative estimate of drug-likeness (QED) is 0.352. The number of rotatable bonds is 4. The fraction of sp³-hybridized carbons (Fsp3) is 0.185. The average molecular weight is 499 g/mol. The Kier molecular flexibility index (Phi) is 5.79. The second-order valence-corrected chi connectivity index (χ2v) is 9.77. The van der Waals surface area contributed by atoms with Crippen LogP contribution in [0.1, 0.15) is 23.3 Å². The standard InChI is InChI=1S/C27H23FN6OS/c28-19-8-5-16(6-9-19)18-4-3-17-7-10-21(32-22(17)12-18)26(35)33-23-13-30-27-24(31-15-36-27)25(23)34-11-1-2-20(29)14-34/h3-10,12-13,15,20H,1-2,11,14,29H2,(H,33,35)/t20-/m0/s1. The molecule has 0 unspecified atom stereocenters. The Morgan fingerprint density at radius 3 is 2.72 bits per heavy atom. The SMILES string of the molecule is N[C@H]1CCCN(c2c(NC(=O)c3ccc4ccc(-c5ccc(F)cc5)cc4n3)cnc3scnc23)C1. The molecule has 36 heavy (non-hydrogen) atoms. The monoisotopic (exact) mass is 498 g/mol. The second kappa shape index (κ2) is 9.25. The smallest absolute Gasteiger partial charge is 0.274 e. The summed E-state index contributed by atoms with van der Waals surface area (Å²) in [6.45, 7) is 1.54. The maximum absolute atomic E-state index is 13.3. The van der Waals surface area contributed by atoms with Crippen LogP contribution in [0.2, 0.25) is 0 Å². The molecule has 0 bridgehead atoms. The molecule has 2 aromatic carbocycles.